The van der Waals surface area contributed by atoms with Crippen molar-refractivity contribution in [3.05, 3.63) is 60.1 Å². The third kappa shape index (κ3) is 3.55. The summed E-state index contributed by atoms with van der Waals surface area (Å²) in [4.78, 5) is 16.3. The number of hydrogen-bond donors (Lipinski definition) is 0. The fourth-order valence-electron chi connectivity index (χ4n) is 1.60. The third-order valence-corrected chi connectivity index (χ3v) is 2.49. The van der Waals surface area contributed by atoms with Crippen molar-refractivity contribution in [3.8, 4) is 0 Å². The van der Waals surface area contributed by atoms with Gasteiger partial charge < -0.3 is 9.25 Å². The molecule has 2 aromatic rings. The standard InChI is InChI=1S/C15H15NO3/c1-2-7-14(17)19-16-15(13-10-6-11-18-13)12-8-4-3-5-9-12/h3-6,8-11H,2,7H2,1H3/b16-15+. The number of nitrogens with zero attached hydrogens (tertiary/aromatic N) is 1. The molecular weight excluding hydrogens is 242 g/mol. The Morgan fingerprint density at radius 3 is 2.63 bits per heavy atom. The molecule has 1 heterocycles. The second-order valence-corrected chi connectivity index (χ2v) is 4.00. The van der Waals surface area contributed by atoms with Crippen LogP contribution in [0.25, 0.3) is 0 Å². The minimum absolute atomic E-state index is 0.345. The summed E-state index contributed by atoms with van der Waals surface area (Å²) in [5.74, 6) is 0.220. The van der Waals surface area contributed by atoms with Gasteiger partial charge in [0, 0.05) is 12.0 Å². The Labute approximate surface area is 111 Å². The minimum atomic E-state index is -0.345. The van der Waals surface area contributed by atoms with Crippen molar-refractivity contribution in [2.45, 2.75) is 19.8 Å². The lowest BCUT2D eigenvalue weighted by atomic mass is 10.1. The van der Waals surface area contributed by atoms with E-state index in [2.05, 4.69) is 5.16 Å². The molecule has 0 saturated heterocycles. The molecule has 0 bridgehead atoms. The summed E-state index contributed by atoms with van der Waals surface area (Å²) in [5.41, 5.74) is 1.34. The van der Waals surface area contributed by atoms with Crippen LogP contribution in [0.15, 0.2) is 58.3 Å². The van der Waals surface area contributed by atoms with E-state index >= 15 is 0 Å². The average molecular weight is 257 g/mol. The van der Waals surface area contributed by atoms with E-state index in [0.29, 0.717) is 17.9 Å². The summed E-state index contributed by atoms with van der Waals surface area (Å²) >= 11 is 0. The van der Waals surface area contributed by atoms with Crippen LogP contribution in [-0.2, 0) is 9.63 Å². The molecule has 19 heavy (non-hydrogen) atoms. The van der Waals surface area contributed by atoms with E-state index in [0.717, 1.165) is 12.0 Å². The van der Waals surface area contributed by atoms with Crippen LogP contribution in [0.3, 0.4) is 0 Å². The molecule has 98 valence electrons. The lowest BCUT2D eigenvalue weighted by molar-refractivity contribution is -0.143. The highest BCUT2D eigenvalue weighted by atomic mass is 16.7. The Balaban J connectivity index is 2.26. The molecule has 0 amide bonds. The molecule has 1 aromatic carbocycles. The van der Waals surface area contributed by atoms with E-state index in [-0.39, 0.29) is 5.97 Å². The molecular formula is C15H15NO3. The van der Waals surface area contributed by atoms with Gasteiger partial charge in [0.1, 0.15) is 0 Å². The molecule has 0 aliphatic heterocycles. The molecule has 0 spiro atoms. The zero-order valence-corrected chi connectivity index (χ0v) is 10.7. The Morgan fingerprint density at radius 2 is 2.00 bits per heavy atom. The van der Waals surface area contributed by atoms with Crippen LogP contribution in [0, 0.1) is 0 Å². The molecule has 0 atom stereocenters. The highest BCUT2D eigenvalue weighted by Crippen LogP contribution is 2.12. The Hall–Kier alpha value is -2.36. The number of carbonyl (C=O) groups is 1. The van der Waals surface area contributed by atoms with E-state index in [1.807, 2.05) is 37.3 Å². The van der Waals surface area contributed by atoms with Gasteiger partial charge in [-0.25, -0.2) is 4.79 Å². The first kappa shape index (κ1) is 13.1. The second-order valence-electron chi connectivity index (χ2n) is 4.00. The predicted octanol–water partition coefficient (Wildman–Crippen LogP) is 3.38. The molecule has 0 radical (unpaired) electrons. The van der Waals surface area contributed by atoms with Crippen LogP contribution < -0.4 is 0 Å². The molecule has 0 saturated carbocycles. The quantitative estimate of drug-likeness (QED) is 0.468. The van der Waals surface area contributed by atoms with Gasteiger partial charge in [-0.15, -0.1) is 0 Å². The van der Waals surface area contributed by atoms with E-state index in [9.17, 15) is 4.79 Å². The molecule has 4 heteroatoms. The first-order valence-corrected chi connectivity index (χ1v) is 6.18. The van der Waals surface area contributed by atoms with E-state index in [1.54, 1.807) is 18.4 Å². The van der Waals surface area contributed by atoms with Crippen molar-refractivity contribution in [1.29, 1.82) is 0 Å². The first-order chi connectivity index (χ1) is 9.31. The van der Waals surface area contributed by atoms with Crippen molar-refractivity contribution in [1.82, 2.24) is 0 Å². The number of hydrogen-bond acceptors (Lipinski definition) is 4. The summed E-state index contributed by atoms with van der Waals surface area (Å²) in [6, 6.07) is 13.0. The largest absolute Gasteiger partial charge is 0.463 e. The van der Waals surface area contributed by atoms with Crippen molar-refractivity contribution in [2.24, 2.45) is 5.16 Å². The number of rotatable bonds is 5. The molecule has 0 N–H and O–H groups in total. The van der Waals surface area contributed by atoms with Crippen molar-refractivity contribution < 1.29 is 14.0 Å². The van der Waals surface area contributed by atoms with Crippen molar-refractivity contribution in [2.75, 3.05) is 0 Å². The maximum absolute atomic E-state index is 11.4. The highest BCUT2D eigenvalue weighted by molar-refractivity contribution is 6.11. The number of benzene rings is 1. The van der Waals surface area contributed by atoms with Crippen LogP contribution >= 0.6 is 0 Å². The zero-order valence-electron chi connectivity index (χ0n) is 10.7. The van der Waals surface area contributed by atoms with Gasteiger partial charge in [-0.2, -0.15) is 0 Å². The van der Waals surface area contributed by atoms with Crippen LogP contribution in [0.5, 0.6) is 0 Å². The first-order valence-electron chi connectivity index (χ1n) is 6.18. The molecule has 1 aromatic heterocycles. The molecule has 0 aliphatic rings. The number of carbonyl (C=O) groups excluding carboxylic acids is 1. The van der Waals surface area contributed by atoms with Gasteiger partial charge in [0.15, 0.2) is 11.5 Å². The van der Waals surface area contributed by atoms with Crippen LogP contribution in [0.1, 0.15) is 31.1 Å². The fourth-order valence-corrected chi connectivity index (χ4v) is 1.60. The topological polar surface area (TPSA) is 51.8 Å². The number of oxime groups is 1. The summed E-state index contributed by atoms with van der Waals surface area (Å²) < 4.78 is 5.32. The van der Waals surface area contributed by atoms with E-state index in [1.165, 1.54) is 0 Å². The van der Waals surface area contributed by atoms with E-state index in [4.69, 9.17) is 9.25 Å². The smallest absolute Gasteiger partial charge is 0.335 e. The Morgan fingerprint density at radius 1 is 1.21 bits per heavy atom. The summed E-state index contributed by atoms with van der Waals surface area (Å²) in [5, 5.41) is 3.93. The third-order valence-electron chi connectivity index (χ3n) is 2.49. The predicted molar refractivity (Wildman–Crippen MR) is 71.8 cm³/mol. The maximum atomic E-state index is 11.4. The van der Waals surface area contributed by atoms with Crippen LogP contribution in [0.2, 0.25) is 0 Å². The molecule has 0 unspecified atom stereocenters. The summed E-state index contributed by atoms with van der Waals surface area (Å²) in [6.45, 7) is 1.91. The summed E-state index contributed by atoms with van der Waals surface area (Å²) in [7, 11) is 0. The Kier molecular flexibility index (Phi) is 4.50. The molecule has 0 fully saturated rings. The van der Waals surface area contributed by atoms with E-state index < -0.39 is 0 Å². The van der Waals surface area contributed by atoms with Crippen molar-refractivity contribution in [3.63, 3.8) is 0 Å². The fraction of sp³-hybridized carbons (Fsp3) is 0.200. The van der Waals surface area contributed by atoms with Gasteiger partial charge in [0.05, 0.1) is 6.26 Å². The van der Waals surface area contributed by atoms with Gasteiger partial charge in [-0.05, 0) is 18.6 Å². The normalized spacial score (nSPS) is 11.3. The second kappa shape index (κ2) is 6.54. The molecule has 0 aliphatic carbocycles. The Bertz CT molecular complexity index is 544. The zero-order chi connectivity index (χ0) is 13.5. The lowest BCUT2D eigenvalue weighted by Gasteiger charge is -2.03. The van der Waals surface area contributed by atoms with Gasteiger partial charge in [0.25, 0.3) is 0 Å². The maximum Gasteiger partial charge on any atom is 0.335 e. The SMILES string of the molecule is CCCC(=O)O/N=C(\c1ccccc1)c1ccco1. The molecule has 4 nitrogen and oxygen atoms in total. The monoisotopic (exact) mass is 257 g/mol. The molecule has 2 rings (SSSR count). The number of furan rings is 1. The minimum Gasteiger partial charge on any atom is -0.463 e. The highest BCUT2D eigenvalue weighted by Gasteiger charge is 2.11. The van der Waals surface area contributed by atoms with Gasteiger partial charge in [-0.3, -0.25) is 0 Å². The van der Waals surface area contributed by atoms with Gasteiger partial charge in [-0.1, -0.05) is 42.4 Å². The van der Waals surface area contributed by atoms with Crippen LogP contribution in [0.4, 0.5) is 0 Å². The van der Waals surface area contributed by atoms with Crippen molar-refractivity contribution >= 4 is 11.7 Å². The lowest BCUT2D eigenvalue weighted by Crippen LogP contribution is -2.06. The summed E-state index contributed by atoms with van der Waals surface area (Å²) in [6.07, 6.45) is 2.64. The average Bonchev–Trinajstić information content (AvgIpc) is 2.94. The van der Waals surface area contributed by atoms with Gasteiger partial charge in [0.2, 0.25) is 0 Å². The van der Waals surface area contributed by atoms with Crippen LogP contribution in [-0.4, -0.2) is 11.7 Å². The van der Waals surface area contributed by atoms with Gasteiger partial charge >= 0.3 is 5.97 Å².